The van der Waals surface area contributed by atoms with Crippen molar-refractivity contribution in [1.82, 2.24) is 4.90 Å². The van der Waals surface area contributed by atoms with Gasteiger partial charge in [0, 0.05) is 18.8 Å². The first-order valence-electron chi connectivity index (χ1n) is 4.92. The van der Waals surface area contributed by atoms with Crippen LogP contribution in [-0.2, 0) is 0 Å². The quantitative estimate of drug-likeness (QED) is 0.751. The van der Waals surface area contributed by atoms with Gasteiger partial charge in [-0.15, -0.1) is 0 Å². The molecule has 3 nitrogen and oxygen atoms in total. The van der Waals surface area contributed by atoms with Crippen molar-refractivity contribution >= 4 is 11.6 Å². The van der Waals surface area contributed by atoms with Crippen molar-refractivity contribution in [3.63, 3.8) is 0 Å². The lowest BCUT2D eigenvalue weighted by Crippen LogP contribution is -2.29. The van der Waals surface area contributed by atoms with Crippen LogP contribution < -0.4 is 5.73 Å². The average molecular weight is 208 g/mol. The topological polar surface area (TPSA) is 46.3 Å². The van der Waals surface area contributed by atoms with Gasteiger partial charge < -0.3 is 10.6 Å². The summed E-state index contributed by atoms with van der Waals surface area (Å²) in [5.41, 5.74) is 6.17. The highest BCUT2D eigenvalue weighted by Crippen LogP contribution is 2.27. The number of benzene rings is 1. The first-order valence-corrected chi connectivity index (χ1v) is 4.92. The Kier molecular flexibility index (Phi) is 2.34. The summed E-state index contributed by atoms with van der Waals surface area (Å²) in [6.45, 7) is 0. The fourth-order valence-corrected chi connectivity index (χ4v) is 1.55. The predicted molar refractivity (Wildman–Crippen MR) is 55.9 cm³/mol. The largest absolute Gasteiger partial charge is 0.398 e. The third-order valence-electron chi connectivity index (χ3n) is 2.66. The van der Waals surface area contributed by atoms with Gasteiger partial charge in [0.2, 0.25) is 0 Å². The molecule has 4 heteroatoms. The van der Waals surface area contributed by atoms with Gasteiger partial charge in [0.25, 0.3) is 5.91 Å². The van der Waals surface area contributed by atoms with Crippen molar-refractivity contribution in [3.8, 4) is 0 Å². The summed E-state index contributed by atoms with van der Waals surface area (Å²) >= 11 is 0. The molecular formula is C11H13FN2O. The number of halogens is 1. The van der Waals surface area contributed by atoms with Crippen molar-refractivity contribution in [1.29, 1.82) is 0 Å². The summed E-state index contributed by atoms with van der Waals surface area (Å²) in [5.74, 6) is -0.548. The molecule has 1 saturated carbocycles. The Bertz CT molecular complexity index is 402. The SMILES string of the molecule is CN(C(=O)c1ccc(F)cc1N)C1CC1. The minimum atomic E-state index is -0.418. The zero-order chi connectivity index (χ0) is 11.0. The van der Waals surface area contributed by atoms with Crippen LogP contribution in [-0.4, -0.2) is 23.9 Å². The van der Waals surface area contributed by atoms with Gasteiger partial charge in [0.05, 0.1) is 5.56 Å². The van der Waals surface area contributed by atoms with Crippen LogP contribution in [0.1, 0.15) is 23.2 Å². The number of carbonyl (C=O) groups is 1. The van der Waals surface area contributed by atoms with Gasteiger partial charge in [-0.05, 0) is 31.0 Å². The molecule has 0 bridgehead atoms. The summed E-state index contributed by atoms with van der Waals surface area (Å²) in [6.07, 6.45) is 2.09. The molecule has 0 atom stereocenters. The standard InChI is InChI=1S/C11H13FN2O/c1-14(8-3-4-8)11(15)9-5-2-7(12)6-10(9)13/h2,5-6,8H,3-4,13H2,1H3. The van der Waals surface area contributed by atoms with Gasteiger partial charge in [-0.1, -0.05) is 0 Å². The molecule has 1 fully saturated rings. The van der Waals surface area contributed by atoms with Gasteiger partial charge in [0.15, 0.2) is 0 Å². The van der Waals surface area contributed by atoms with E-state index in [1.807, 2.05) is 0 Å². The number of hydrogen-bond donors (Lipinski definition) is 1. The minimum absolute atomic E-state index is 0.130. The molecule has 80 valence electrons. The van der Waals surface area contributed by atoms with E-state index < -0.39 is 5.82 Å². The molecular weight excluding hydrogens is 195 g/mol. The Morgan fingerprint density at radius 1 is 1.53 bits per heavy atom. The number of nitrogens with zero attached hydrogens (tertiary/aromatic N) is 1. The molecule has 1 aliphatic rings. The van der Waals surface area contributed by atoms with E-state index in [2.05, 4.69) is 0 Å². The lowest BCUT2D eigenvalue weighted by molar-refractivity contribution is 0.0786. The summed E-state index contributed by atoms with van der Waals surface area (Å²) in [6, 6.07) is 4.20. The highest BCUT2D eigenvalue weighted by molar-refractivity contribution is 5.99. The fourth-order valence-electron chi connectivity index (χ4n) is 1.55. The number of amides is 1. The second-order valence-corrected chi connectivity index (χ2v) is 3.88. The molecule has 2 N–H and O–H groups in total. The van der Waals surface area contributed by atoms with Crippen molar-refractivity contribution in [2.45, 2.75) is 18.9 Å². The van der Waals surface area contributed by atoms with Gasteiger partial charge >= 0.3 is 0 Å². The van der Waals surface area contributed by atoms with E-state index in [0.29, 0.717) is 11.6 Å². The maximum absolute atomic E-state index is 12.8. The van der Waals surface area contributed by atoms with E-state index in [9.17, 15) is 9.18 Å². The molecule has 2 rings (SSSR count). The molecule has 15 heavy (non-hydrogen) atoms. The van der Waals surface area contributed by atoms with Crippen molar-refractivity contribution in [2.24, 2.45) is 0 Å². The number of nitrogen functional groups attached to an aromatic ring is 1. The molecule has 0 unspecified atom stereocenters. The minimum Gasteiger partial charge on any atom is -0.398 e. The van der Waals surface area contributed by atoms with E-state index in [1.165, 1.54) is 18.2 Å². The van der Waals surface area contributed by atoms with E-state index in [4.69, 9.17) is 5.73 Å². The Labute approximate surface area is 87.7 Å². The van der Waals surface area contributed by atoms with E-state index in [0.717, 1.165) is 12.8 Å². The molecule has 1 aromatic carbocycles. The van der Waals surface area contributed by atoms with Gasteiger partial charge in [-0.2, -0.15) is 0 Å². The Morgan fingerprint density at radius 2 is 2.20 bits per heavy atom. The molecule has 1 aliphatic carbocycles. The number of anilines is 1. The van der Waals surface area contributed by atoms with Crippen LogP contribution in [0.4, 0.5) is 10.1 Å². The molecule has 0 spiro atoms. The van der Waals surface area contributed by atoms with Crippen molar-refractivity contribution in [3.05, 3.63) is 29.6 Å². The first kappa shape index (κ1) is 9.96. The summed E-state index contributed by atoms with van der Waals surface area (Å²) in [7, 11) is 1.75. The fraction of sp³-hybridized carbons (Fsp3) is 0.364. The smallest absolute Gasteiger partial charge is 0.255 e. The van der Waals surface area contributed by atoms with Crippen LogP contribution >= 0.6 is 0 Å². The molecule has 1 aromatic rings. The third-order valence-corrected chi connectivity index (χ3v) is 2.66. The van der Waals surface area contributed by atoms with E-state index >= 15 is 0 Å². The molecule has 0 heterocycles. The van der Waals surface area contributed by atoms with E-state index in [1.54, 1.807) is 11.9 Å². The van der Waals surface area contributed by atoms with Crippen LogP contribution in [0.3, 0.4) is 0 Å². The van der Waals surface area contributed by atoms with Crippen LogP contribution in [0.15, 0.2) is 18.2 Å². The normalized spacial score (nSPS) is 15.1. The maximum atomic E-state index is 12.8. The summed E-state index contributed by atoms with van der Waals surface area (Å²) in [5, 5.41) is 0. The Morgan fingerprint density at radius 3 is 2.73 bits per heavy atom. The average Bonchev–Trinajstić information content (AvgIpc) is 2.99. The number of carbonyl (C=O) groups excluding carboxylic acids is 1. The predicted octanol–water partition coefficient (Wildman–Crippen LogP) is 1.64. The lowest BCUT2D eigenvalue weighted by Gasteiger charge is -2.17. The highest BCUT2D eigenvalue weighted by Gasteiger charge is 2.30. The summed E-state index contributed by atoms with van der Waals surface area (Å²) in [4.78, 5) is 13.6. The zero-order valence-electron chi connectivity index (χ0n) is 8.53. The van der Waals surface area contributed by atoms with E-state index in [-0.39, 0.29) is 11.6 Å². The second-order valence-electron chi connectivity index (χ2n) is 3.88. The van der Waals surface area contributed by atoms with Crippen molar-refractivity contribution in [2.75, 3.05) is 12.8 Å². The van der Waals surface area contributed by atoms with Gasteiger partial charge in [-0.3, -0.25) is 4.79 Å². The Balaban J connectivity index is 2.24. The molecule has 0 radical (unpaired) electrons. The van der Waals surface area contributed by atoms with Crippen molar-refractivity contribution < 1.29 is 9.18 Å². The molecule has 1 amide bonds. The van der Waals surface area contributed by atoms with Crippen LogP contribution in [0, 0.1) is 5.82 Å². The molecule has 0 saturated heterocycles. The Hall–Kier alpha value is -1.58. The van der Waals surface area contributed by atoms with Gasteiger partial charge in [-0.25, -0.2) is 4.39 Å². The number of nitrogens with two attached hydrogens (primary N) is 1. The molecule has 0 aliphatic heterocycles. The van der Waals surface area contributed by atoms with Crippen LogP contribution in [0.5, 0.6) is 0 Å². The lowest BCUT2D eigenvalue weighted by atomic mass is 10.1. The number of hydrogen-bond acceptors (Lipinski definition) is 2. The number of rotatable bonds is 2. The monoisotopic (exact) mass is 208 g/mol. The second kappa shape index (κ2) is 3.53. The molecule has 0 aromatic heterocycles. The first-order chi connectivity index (χ1) is 7.09. The van der Waals surface area contributed by atoms with Crippen LogP contribution in [0.2, 0.25) is 0 Å². The zero-order valence-corrected chi connectivity index (χ0v) is 8.53. The van der Waals surface area contributed by atoms with Gasteiger partial charge in [0.1, 0.15) is 5.82 Å². The highest BCUT2D eigenvalue weighted by atomic mass is 19.1. The summed E-state index contributed by atoms with van der Waals surface area (Å²) < 4.78 is 12.8. The third kappa shape index (κ3) is 1.93. The maximum Gasteiger partial charge on any atom is 0.255 e. The van der Waals surface area contributed by atoms with Crippen LogP contribution in [0.25, 0.3) is 0 Å².